The van der Waals surface area contributed by atoms with Gasteiger partial charge in [0.2, 0.25) is 17.7 Å². The number of nitrogens with one attached hydrogen (secondary N) is 4. The van der Waals surface area contributed by atoms with Crippen LogP contribution in [0.1, 0.15) is 76.4 Å². The molecule has 0 saturated carbocycles. The van der Waals surface area contributed by atoms with Crippen molar-refractivity contribution in [1.82, 2.24) is 15.5 Å². The van der Waals surface area contributed by atoms with Gasteiger partial charge in [0, 0.05) is 38.3 Å². The second kappa shape index (κ2) is 19.9. The summed E-state index contributed by atoms with van der Waals surface area (Å²) in [6.45, 7) is 8.24. The lowest BCUT2D eigenvalue weighted by molar-refractivity contribution is -0.135. The Morgan fingerprint density at radius 3 is 1.86 bits per heavy atom. The molecule has 4 N–H and O–H groups in total. The van der Waals surface area contributed by atoms with E-state index in [9.17, 15) is 24.0 Å². The molecule has 0 fully saturated rings. The van der Waals surface area contributed by atoms with Crippen molar-refractivity contribution in [3.8, 4) is 11.5 Å². The topological polar surface area (TPSA) is 191 Å². The van der Waals surface area contributed by atoms with Gasteiger partial charge in [-0.3, -0.25) is 14.4 Å². The minimum absolute atomic E-state index is 0.0145. The van der Waals surface area contributed by atoms with Crippen molar-refractivity contribution in [1.29, 1.82) is 0 Å². The number of benzene rings is 4. The van der Waals surface area contributed by atoms with Gasteiger partial charge in [0.1, 0.15) is 29.7 Å². The zero-order chi connectivity index (χ0) is 42.6. The fourth-order valence-electron chi connectivity index (χ4n) is 6.27. The van der Waals surface area contributed by atoms with Gasteiger partial charge in [0.15, 0.2) is 5.78 Å². The lowest BCUT2D eigenvalue weighted by Crippen LogP contribution is -2.49. The van der Waals surface area contributed by atoms with E-state index in [4.69, 9.17) is 18.5 Å². The van der Waals surface area contributed by atoms with Gasteiger partial charge in [-0.2, -0.15) is 0 Å². The highest BCUT2D eigenvalue weighted by Gasteiger charge is 2.51. The summed E-state index contributed by atoms with van der Waals surface area (Å²) in [5.41, 5.74) is 2.15. The van der Waals surface area contributed by atoms with Crippen LogP contribution in [0.25, 0.3) is 0 Å². The molecule has 1 unspecified atom stereocenters. The maximum Gasteiger partial charge on any atom is 0.457 e. The predicted molar refractivity (Wildman–Crippen MR) is 222 cm³/mol. The largest absolute Gasteiger partial charge is 0.457 e. The first-order chi connectivity index (χ1) is 28.1. The smallest absolute Gasteiger partial charge is 0.445 e. The molecule has 1 aliphatic heterocycles. The van der Waals surface area contributed by atoms with Crippen LogP contribution in [0.2, 0.25) is 0 Å². The average Bonchev–Trinajstić information content (AvgIpc) is 3.58. The third kappa shape index (κ3) is 13.1. The molecular weight excluding hydrogens is 777 g/mol. The van der Waals surface area contributed by atoms with Gasteiger partial charge in [0.25, 0.3) is 0 Å². The number of carbonyl (C=O) groups is 5. The Morgan fingerprint density at radius 1 is 0.746 bits per heavy atom. The van der Waals surface area contributed by atoms with Crippen LogP contribution >= 0.6 is 7.60 Å². The predicted octanol–water partition coefficient (Wildman–Crippen LogP) is 8.29. The van der Waals surface area contributed by atoms with Crippen molar-refractivity contribution >= 4 is 48.9 Å². The Kier molecular flexibility index (Phi) is 14.8. The molecule has 0 radical (unpaired) electrons. The quantitative estimate of drug-likeness (QED) is 0.0632. The van der Waals surface area contributed by atoms with E-state index in [1.807, 2.05) is 36.4 Å². The van der Waals surface area contributed by atoms with Crippen molar-refractivity contribution in [2.45, 2.75) is 84.5 Å². The van der Waals surface area contributed by atoms with Crippen molar-refractivity contribution in [3.05, 3.63) is 120 Å². The number of carbonyl (C=O) groups excluding carboxylic acids is 5. The lowest BCUT2D eigenvalue weighted by atomic mass is 10.1. The molecule has 2 atom stereocenters. The molecule has 0 saturated heterocycles. The highest BCUT2D eigenvalue weighted by molar-refractivity contribution is 7.55. The highest BCUT2D eigenvalue weighted by Crippen LogP contribution is 2.64. The molecule has 15 nitrogen and oxygen atoms in total. The second-order valence-electron chi connectivity index (χ2n) is 14.9. The van der Waals surface area contributed by atoms with Crippen LogP contribution in [-0.4, -0.2) is 53.0 Å². The summed E-state index contributed by atoms with van der Waals surface area (Å²) in [4.78, 5) is 65.1. The van der Waals surface area contributed by atoms with Crippen LogP contribution in [0.5, 0.6) is 11.5 Å². The standard InChI is InChI=1S/C43H50N5O10P/c1-29(49)45-33-18-22-35(23-19-33)57-59(54,58-36-24-20-34(21-25-36)46-30(2)50)40-37-16-10-9-15-32(37)27-48(40)39(51)38(47-42(53)56-43(3,4)5)17-11-12-26-44-41(52)55-28-31-13-7-6-8-14-31/h6-10,13-16,18-25,38,40H,11-12,17,26-28H2,1-5H3,(H,44,52)(H,45,49)(H,46,50)(H,47,53)/t38-,40?/m0/s1. The molecule has 0 spiro atoms. The number of fused-ring (bicyclic) bond motifs is 1. The number of unbranched alkanes of at least 4 members (excludes halogenated alkanes) is 1. The second-order valence-corrected chi connectivity index (χ2v) is 16.8. The maximum absolute atomic E-state index is 15.6. The fraction of sp³-hybridized carbons (Fsp3) is 0.326. The first kappa shape index (κ1) is 43.8. The monoisotopic (exact) mass is 827 g/mol. The van der Waals surface area contributed by atoms with Gasteiger partial charge < -0.3 is 44.7 Å². The van der Waals surface area contributed by atoms with Crippen LogP contribution in [-0.2, 0) is 41.6 Å². The Morgan fingerprint density at radius 2 is 1.31 bits per heavy atom. The Hall–Kier alpha value is -6.34. The van der Waals surface area contributed by atoms with Crippen molar-refractivity contribution in [3.63, 3.8) is 0 Å². The van der Waals surface area contributed by atoms with E-state index in [1.54, 1.807) is 63.2 Å². The SMILES string of the molecule is CC(=O)Nc1ccc(OP(=O)(Oc2ccc(NC(C)=O)cc2)C2c3ccccc3CN2C(=O)[C@H](CCCCNC(=O)OCc2ccccc2)NC(=O)OC(C)(C)C)cc1. The lowest BCUT2D eigenvalue weighted by Gasteiger charge is -2.34. The van der Waals surface area contributed by atoms with E-state index in [-0.39, 0.29) is 49.4 Å². The van der Waals surface area contributed by atoms with E-state index in [0.717, 1.165) is 5.56 Å². The summed E-state index contributed by atoms with van der Waals surface area (Å²) in [5, 5.41) is 10.8. The van der Waals surface area contributed by atoms with E-state index in [1.165, 1.54) is 43.0 Å². The molecule has 5 amide bonds. The van der Waals surface area contributed by atoms with E-state index >= 15 is 4.57 Å². The molecule has 4 aromatic carbocycles. The molecule has 312 valence electrons. The number of hydrogen-bond donors (Lipinski definition) is 4. The highest BCUT2D eigenvalue weighted by atomic mass is 31.2. The number of nitrogens with zero attached hydrogens (tertiary/aromatic N) is 1. The van der Waals surface area contributed by atoms with Crippen LogP contribution in [0.3, 0.4) is 0 Å². The summed E-state index contributed by atoms with van der Waals surface area (Å²) < 4.78 is 39.0. The summed E-state index contributed by atoms with van der Waals surface area (Å²) in [6.07, 6.45) is -0.433. The Balaban J connectivity index is 1.41. The van der Waals surface area contributed by atoms with Crippen molar-refractivity contribution < 1.29 is 47.1 Å². The molecule has 1 heterocycles. The summed E-state index contributed by atoms with van der Waals surface area (Å²) in [5.74, 6) is -2.15. The number of amides is 5. The van der Waals surface area contributed by atoms with Crippen molar-refractivity contribution in [2.24, 2.45) is 0 Å². The van der Waals surface area contributed by atoms with Crippen LogP contribution in [0, 0.1) is 0 Å². The zero-order valence-corrected chi connectivity index (χ0v) is 34.6. The molecule has 59 heavy (non-hydrogen) atoms. The number of anilines is 2. The maximum atomic E-state index is 15.6. The first-order valence-corrected chi connectivity index (χ1v) is 20.8. The van der Waals surface area contributed by atoms with Crippen molar-refractivity contribution in [2.75, 3.05) is 17.2 Å². The molecule has 0 aromatic heterocycles. The molecule has 1 aliphatic rings. The summed E-state index contributed by atoms with van der Waals surface area (Å²) in [6, 6.07) is 27.6. The zero-order valence-electron chi connectivity index (χ0n) is 33.7. The number of rotatable bonds is 16. The van der Waals surface area contributed by atoms with E-state index < -0.39 is 43.1 Å². The normalized spacial score (nSPS) is 13.9. The molecule has 4 aromatic rings. The molecule has 5 rings (SSSR count). The third-order valence-electron chi connectivity index (χ3n) is 8.76. The number of ether oxygens (including phenoxy) is 2. The van der Waals surface area contributed by atoms with Gasteiger partial charge >= 0.3 is 19.8 Å². The first-order valence-electron chi connectivity index (χ1n) is 19.1. The Bertz CT molecular complexity index is 2080. The number of alkyl carbamates (subject to hydrolysis) is 2. The van der Waals surface area contributed by atoms with Gasteiger partial charge in [-0.1, -0.05) is 54.6 Å². The van der Waals surface area contributed by atoms with Crippen LogP contribution in [0.4, 0.5) is 21.0 Å². The van der Waals surface area contributed by atoms with Crippen LogP contribution < -0.4 is 30.3 Å². The average molecular weight is 828 g/mol. The molecule has 16 heteroatoms. The molecule has 0 bridgehead atoms. The van der Waals surface area contributed by atoms with Gasteiger partial charge in [0.05, 0.1) is 0 Å². The molecular formula is C43H50N5O10P. The summed E-state index contributed by atoms with van der Waals surface area (Å²) >= 11 is 0. The van der Waals surface area contributed by atoms with E-state index in [0.29, 0.717) is 35.3 Å². The van der Waals surface area contributed by atoms with E-state index in [2.05, 4.69) is 21.3 Å². The Labute approximate surface area is 343 Å². The molecule has 0 aliphatic carbocycles. The minimum atomic E-state index is -4.50. The van der Waals surface area contributed by atoms with Gasteiger partial charge in [-0.05, 0) is 105 Å². The third-order valence-corrected chi connectivity index (χ3v) is 10.8. The van der Waals surface area contributed by atoms with Gasteiger partial charge in [-0.15, -0.1) is 0 Å². The minimum Gasteiger partial charge on any atom is -0.445 e. The van der Waals surface area contributed by atoms with Crippen LogP contribution in [0.15, 0.2) is 103 Å². The summed E-state index contributed by atoms with van der Waals surface area (Å²) in [7, 11) is -4.50. The fourth-order valence-corrected chi connectivity index (χ4v) is 8.47. The number of hydrogen-bond acceptors (Lipinski definition) is 10. The van der Waals surface area contributed by atoms with Gasteiger partial charge in [-0.25, -0.2) is 14.2 Å².